The van der Waals surface area contributed by atoms with Gasteiger partial charge in [0.25, 0.3) is 0 Å². The SMILES string of the molecule is C=C(C)/C=C\C=C1/CN=CN1. The van der Waals surface area contributed by atoms with E-state index in [2.05, 4.69) is 16.9 Å². The van der Waals surface area contributed by atoms with Crippen molar-refractivity contribution in [3.05, 3.63) is 36.1 Å². The van der Waals surface area contributed by atoms with E-state index in [0.717, 1.165) is 17.8 Å². The molecule has 1 rings (SSSR count). The molecule has 0 saturated carbocycles. The van der Waals surface area contributed by atoms with Crippen LogP contribution in [0.5, 0.6) is 0 Å². The lowest BCUT2D eigenvalue weighted by Gasteiger charge is -1.91. The van der Waals surface area contributed by atoms with Gasteiger partial charge in [0.2, 0.25) is 0 Å². The molecule has 0 radical (unpaired) electrons. The molecule has 0 atom stereocenters. The Kier molecular flexibility index (Phi) is 2.66. The summed E-state index contributed by atoms with van der Waals surface area (Å²) in [5, 5.41) is 3.02. The molecular formula is C9H12N2. The zero-order chi connectivity index (χ0) is 8.10. The molecule has 0 spiro atoms. The fourth-order valence-corrected chi connectivity index (χ4v) is 0.748. The van der Waals surface area contributed by atoms with Crippen molar-refractivity contribution in [2.24, 2.45) is 4.99 Å². The first-order valence-corrected chi connectivity index (χ1v) is 3.56. The Hall–Kier alpha value is -1.31. The molecule has 0 amide bonds. The Morgan fingerprint density at radius 1 is 1.82 bits per heavy atom. The molecule has 0 fully saturated rings. The third-order valence-electron chi connectivity index (χ3n) is 1.28. The summed E-state index contributed by atoms with van der Waals surface area (Å²) in [6.45, 7) is 6.48. The first-order chi connectivity index (χ1) is 5.29. The first kappa shape index (κ1) is 7.79. The van der Waals surface area contributed by atoms with Crippen LogP contribution >= 0.6 is 0 Å². The van der Waals surface area contributed by atoms with Gasteiger partial charge in [0.05, 0.1) is 12.9 Å². The molecule has 0 saturated heterocycles. The van der Waals surface area contributed by atoms with E-state index in [1.54, 1.807) is 6.34 Å². The van der Waals surface area contributed by atoms with Crippen molar-refractivity contribution in [2.45, 2.75) is 6.92 Å². The van der Waals surface area contributed by atoms with E-state index in [0.29, 0.717) is 0 Å². The van der Waals surface area contributed by atoms with Crippen molar-refractivity contribution in [1.29, 1.82) is 0 Å². The van der Waals surface area contributed by atoms with E-state index < -0.39 is 0 Å². The van der Waals surface area contributed by atoms with E-state index in [-0.39, 0.29) is 0 Å². The van der Waals surface area contributed by atoms with E-state index in [4.69, 9.17) is 0 Å². The zero-order valence-corrected chi connectivity index (χ0v) is 6.67. The van der Waals surface area contributed by atoms with Crippen LogP contribution in [-0.4, -0.2) is 12.9 Å². The zero-order valence-electron chi connectivity index (χ0n) is 6.67. The molecule has 0 bridgehead atoms. The number of allylic oxidation sites excluding steroid dienone is 4. The molecule has 1 N–H and O–H groups in total. The minimum absolute atomic E-state index is 0.764. The molecule has 0 aromatic heterocycles. The summed E-state index contributed by atoms with van der Waals surface area (Å²) in [7, 11) is 0. The van der Waals surface area contributed by atoms with Gasteiger partial charge in [0.15, 0.2) is 0 Å². The lowest BCUT2D eigenvalue weighted by molar-refractivity contribution is 1.12. The molecule has 0 aromatic carbocycles. The van der Waals surface area contributed by atoms with Gasteiger partial charge in [-0.2, -0.15) is 0 Å². The van der Waals surface area contributed by atoms with Crippen LogP contribution in [0.3, 0.4) is 0 Å². The van der Waals surface area contributed by atoms with E-state index in [1.807, 2.05) is 25.2 Å². The van der Waals surface area contributed by atoms with Crippen molar-refractivity contribution in [3.63, 3.8) is 0 Å². The predicted molar refractivity (Wildman–Crippen MR) is 48.5 cm³/mol. The molecule has 11 heavy (non-hydrogen) atoms. The van der Waals surface area contributed by atoms with Crippen LogP contribution in [0.15, 0.2) is 41.1 Å². The number of aliphatic imine (C=N–C) groups is 1. The standard InChI is InChI=1S/C9H12N2/c1-8(2)4-3-5-9-6-10-7-11-9/h3-5,7H,1,6H2,2H3,(H,10,11)/b4-3-,9-5+. The summed E-state index contributed by atoms with van der Waals surface area (Å²) < 4.78 is 0. The van der Waals surface area contributed by atoms with Gasteiger partial charge in [-0.05, 0) is 13.0 Å². The lowest BCUT2D eigenvalue weighted by Crippen LogP contribution is -2.03. The van der Waals surface area contributed by atoms with Gasteiger partial charge in [0, 0.05) is 5.70 Å². The number of nitrogens with one attached hydrogen (secondary N) is 1. The fourth-order valence-electron chi connectivity index (χ4n) is 0.748. The van der Waals surface area contributed by atoms with E-state index in [1.165, 1.54) is 0 Å². The van der Waals surface area contributed by atoms with Crippen LogP contribution < -0.4 is 5.32 Å². The normalized spacial score (nSPS) is 19.5. The number of hydrogen-bond acceptors (Lipinski definition) is 2. The van der Waals surface area contributed by atoms with Gasteiger partial charge in [-0.1, -0.05) is 24.3 Å². The van der Waals surface area contributed by atoms with Gasteiger partial charge >= 0.3 is 0 Å². The maximum Gasteiger partial charge on any atom is 0.0870 e. The lowest BCUT2D eigenvalue weighted by atomic mass is 10.3. The third-order valence-corrected chi connectivity index (χ3v) is 1.28. The van der Waals surface area contributed by atoms with Crippen LogP contribution in [-0.2, 0) is 0 Å². The monoisotopic (exact) mass is 148 g/mol. The Labute approximate surface area is 67.0 Å². The Balaban J connectivity index is 2.41. The summed E-state index contributed by atoms with van der Waals surface area (Å²) >= 11 is 0. The van der Waals surface area contributed by atoms with Crippen LogP contribution in [0.25, 0.3) is 0 Å². The van der Waals surface area contributed by atoms with Crippen LogP contribution in [0.2, 0.25) is 0 Å². The summed E-state index contributed by atoms with van der Waals surface area (Å²) in [5.41, 5.74) is 2.18. The molecule has 0 aliphatic carbocycles. The Morgan fingerprint density at radius 3 is 3.18 bits per heavy atom. The number of rotatable bonds is 2. The second kappa shape index (κ2) is 3.76. The molecule has 2 nitrogen and oxygen atoms in total. The minimum atomic E-state index is 0.764. The highest BCUT2D eigenvalue weighted by molar-refractivity contribution is 5.61. The highest BCUT2D eigenvalue weighted by Crippen LogP contribution is 1.96. The first-order valence-electron chi connectivity index (χ1n) is 3.56. The number of hydrogen-bond donors (Lipinski definition) is 1. The van der Waals surface area contributed by atoms with Gasteiger partial charge in [-0.15, -0.1) is 0 Å². The van der Waals surface area contributed by atoms with Crippen molar-refractivity contribution in [1.82, 2.24) is 5.32 Å². The van der Waals surface area contributed by atoms with Gasteiger partial charge in [-0.3, -0.25) is 4.99 Å². The Bertz CT molecular complexity index is 224. The maximum absolute atomic E-state index is 4.00. The van der Waals surface area contributed by atoms with Crippen LogP contribution in [0.4, 0.5) is 0 Å². The average molecular weight is 148 g/mol. The molecule has 1 heterocycles. The molecule has 1 aliphatic heterocycles. The molecule has 58 valence electrons. The molecule has 0 aromatic rings. The molecule has 2 heteroatoms. The minimum Gasteiger partial charge on any atom is -0.349 e. The van der Waals surface area contributed by atoms with Gasteiger partial charge < -0.3 is 5.32 Å². The topological polar surface area (TPSA) is 24.4 Å². The van der Waals surface area contributed by atoms with E-state index >= 15 is 0 Å². The second-order valence-electron chi connectivity index (χ2n) is 2.51. The van der Waals surface area contributed by atoms with Crippen molar-refractivity contribution >= 4 is 6.34 Å². The maximum atomic E-state index is 4.00. The molecular weight excluding hydrogens is 136 g/mol. The quantitative estimate of drug-likeness (QED) is 0.591. The van der Waals surface area contributed by atoms with Crippen molar-refractivity contribution in [3.8, 4) is 0 Å². The summed E-state index contributed by atoms with van der Waals surface area (Å²) in [4.78, 5) is 4.00. The number of nitrogens with zero attached hydrogens (tertiary/aromatic N) is 1. The smallest absolute Gasteiger partial charge is 0.0870 e. The third kappa shape index (κ3) is 2.85. The van der Waals surface area contributed by atoms with Crippen LogP contribution in [0.1, 0.15) is 6.92 Å². The van der Waals surface area contributed by atoms with Crippen LogP contribution in [0, 0.1) is 0 Å². The van der Waals surface area contributed by atoms with Crippen molar-refractivity contribution < 1.29 is 0 Å². The summed E-state index contributed by atoms with van der Waals surface area (Å²) in [6.07, 6.45) is 7.65. The average Bonchev–Trinajstić information content (AvgIpc) is 2.39. The fraction of sp³-hybridized carbons (Fsp3) is 0.222. The largest absolute Gasteiger partial charge is 0.349 e. The van der Waals surface area contributed by atoms with Gasteiger partial charge in [-0.25, -0.2) is 0 Å². The predicted octanol–water partition coefficient (Wildman–Crippen LogP) is 1.63. The highest BCUT2D eigenvalue weighted by Gasteiger charge is 1.95. The second-order valence-corrected chi connectivity index (χ2v) is 2.51. The summed E-state index contributed by atoms with van der Waals surface area (Å²) in [6, 6.07) is 0. The Morgan fingerprint density at radius 2 is 2.64 bits per heavy atom. The van der Waals surface area contributed by atoms with E-state index in [9.17, 15) is 0 Å². The van der Waals surface area contributed by atoms with Crippen molar-refractivity contribution in [2.75, 3.05) is 6.54 Å². The van der Waals surface area contributed by atoms with Gasteiger partial charge in [0.1, 0.15) is 0 Å². The summed E-state index contributed by atoms with van der Waals surface area (Å²) in [5.74, 6) is 0. The highest BCUT2D eigenvalue weighted by atomic mass is 15.0. The molecule has 1 aliphatic rings. The molecule has 0 unspecified atom stereocenters.